The lowest BCUT2D eigenvalue weighted by Gasteiger charge is -2.05. The average molecular weight is 208 g/mol. The molecule has 0 heterocycles. The zero-order valence-electron chi connectivity index (χ0n) is 8.99. The SMILES string of the molecule is COCCOCCOCOCCOC. The Morgan fingerprint density at radius 2 is 1.00 bits per heavy atom. The lowest BCUT2D eigenvalue weighted by molar-refractivity contribution is -0.0802. The first-order valence-corrected chi connectivity index (χ1v) is 4.63. The summed E-state index contributed by atoms with van der Waals surface area (Å²) in [7, 11) is 3.28. The van der Waals surface area contributed by atoms with Crippen LogP contribution in [0.3, 0.4) is 0 Å². The molecule has 0 rings (SSSR count). The molecule has 86 valence electrons. The van der Waals surface area contributed by atoms with E-state index in [-0.39, 0.29) is 6.79 Å². The smallest absolute Gasteiger partial charge is 0.146 e. The predicted octanol–water partition coefficient (Wildman–Crippen LogP) is 0.287. The number of ether oxygens (including phenoxy) is 5. The highest BCUT2D eigenvalue weighted by atomic mass is 16.7. The van der Waals surface area contributed by atoms with Crippen molar-refractivity contribution in [3.63, 3.8) is 0 Å². The van der Waals surface area contributed by atoms with Crippen molar-refractivity contribution in [2.45, 2.75) is 0 Å². The Morgan fingerprint density at radius 1 is 0.571 bits per heavy atom. The Morgan fingerprint density at radius 3 is 1.57 bits per heavy atom. The van der Waals surface area contributed by atoms with Crippen molar-refractivity contribution in [3.8, 4) is 0 Å². The molecule has 0 unspecified atom stereocenters. The van der Waals surface area contributed by atoms with Gasteiger partial charge >= 0.3 is 0 Å². The molecule has 0 aliphatic rings. The summed E-state index contributed by atoms with van der Waals surface area (Å²) < 4.78 is 25.0. The van der Waals surface area contributed by atoms with Gasteiger partial charge in [-0.2, -0.15) is 0 Å². The van der Waals surface area contributed by atoms with Crippen LogP contribution in [0.4, 0.5) is 0 Å². The van der Waals surface area contributed by atoms with Gasteiger partial charge in [-0.05, 0) is 0 Å². The lowest BCUT2D eigenvalue weighted by atomic mass is 10.7. The third-order valence-electron chi connectivity index (χ3n) is 1.40. The minimum absolute atomic E-state index is 0.289. The molecule has 5 heteroatoms. The molecular formula is C9H20O5. The van der Waals surface area contributed by atoms with Crippen molar-refractivity contribution in [1.82, 2.24) is 0 Å². The van der Waals surface area contributed by atoms with Crippen LogP contribution in [0.15, 0.2) is 0 Å². The molecule has 0 amide bonds. The molecule has 0 N–H and O–H groups in total. The maximum absolute atomic E-state index is 5.17. The van der Waals surface area contributed by atoms with Gasteiger partial charge in [-0.25, -0.2) is 0 Å². The fourth-order valence-electron chi connectivity index (χ4n) is 0.681. The minimum Gasteiger partial charge on any atom is -0.382 e. The highest BCUT2D eigenvalue weighted by Gasteiger charge is 1.90. The van der Waals surface area contributed by atoms with Crippen LogP contribution < -0.4 is 0 Å². The van der Waals surface area contributed by atoms with E-state index in [2.05, 4.69) is 0 Å². The summed E-state index contributed by atoms with van der Waals surface area (Å²) in [4.78, 5) is 0. The van der Waals surface area contributed by atoms with Gasteiger partial charge in [-0.15, -0.1) is 0 Å². The lowest BCUT2D eigenvalue weighted by Crippen LogP contribution is -2.11. The molecular weight excluding hydrogens is 188 g/mol. The van der Waals surface area contributed by atoms with Crippen LogP contribution in [-0.2, 0) is 23.7 Å². The quantitative estimate of drug-likeness (QED) is 0.360. The standard InChI is InChI=1S/C9H20O5/c1-10-3-5-12-7-8-14-9-13-6-4-11-2/h3-9H2,1-2H3. The van der Waals surface area contributed by atoms with Gasteiger partial charge < -0.3 is 23.7 Å². The highest BCUT2D eigenvalue weighted by molar-refractivity contribution is 4.29. The van der Waals surface area contributed by atoms with Crippen molar-refractivity contribution in [1.29, 1.82) is 0 Å². The van der Waals surface area contributed by atoms with Crippen LogP contribution in [0, 0.1) is 0 Å². The van der Waals surface area contributed by atoms with Crippen molar-refractivity contribution >= 4 is 0 Å². The number of hydrogen-bond acceptors (Lipinski definition) is 5. The van der Waals surface area contributed by atoms with Crippen molar-refractivity contribution < 1.29 is 23.7 Å². The third-order valence-corrected chi connectivity index (χ3v) is 1.40. The molecule has 0 spiro atoms. The summed E-state index contributed by atoms with van der Waals surface area (Å²) in [5, 5.41) is 0. The van der Waals surface area contributed by atoms with E-state index in [4.69, 9.17) is 23.7 Å². The van der Waals surface area contributed by atoms with Gasteiger partial charge in [-0.1, -0.05) is 0 Å². The van der Waals surface area contributed by atoms with Crippen LogP contribution in [-0.4, -0.2) is 60.7 Å². The molecule has 0 atom stereocenters. The van der Waals surface area contributed by atoms with E-state index in [0.29, 0.717) is 39.6 Å². The summed E-state index contributed by atoms with van der Waals surface area (Å²) in [5.41, 5.74) is 0. The van der Waals surface area contributed by atoms with Crippen LogP contribution >= 0.6 is 0 Å². The third kappa shape index (κ3) is 11.8. The van der Waals surface area contributed by atoms with Gasteiger partial charge in [0.05, 0.1) is 39.6 Å². The van der Waals surface area contributed by atoms with Gasteiger partial charge in [0, 0.05) is 14.2 Å². The second-order valence-corrected chi connectivity index (χ2v) is 2.53. The summed E-state index contributed by atoms with van der Waals surface area (Å²) in [6.45, 7) is 3.76. The molecule has 0 saturated carbocycles. The fraction of sp³-hybridized carbons (Fsp3) is 1.00. The molecule has 0 aromatic carbocycles. The monoisotopic (exact) mass is 208 g/mol. The maximum Gasteiger partial charge on any atom is 0.146 e. The molecule has 0 fully saturated rings. The first kappa shape index (κ1) is 13.8. The summed E-state index contributed by atoms with van der Waals surface area (Å²) in [6.07, 6.45) is 0. The molecule has 0 radical (unpaired) electrons. The first-order chi connectivity index (χ1) is 6.91. The van der Waals surface area contributed by atoms with Gasteiger partial charge in [0.25, 0.3) is 0 Å². The second kappa shape index (κ2) is 12.8. The summed E-state index contributed by atoms with van der Waals surface area (Å²) in [6, 6.07) is 0. The predicted molar refractivity (Wildman–Crippen MR) is 51.3 cm³/mol. The molecule has 0 aromatic rings. The van der Waals surface area contributed by atoms with E-state index >= 15 is 0 Å². The van der Waals surface area contributed by atoms with E-state index < -0.39 is 0 Å². The van der Waals surface area contributed by atoms with E-state index in [1.54, 1.807) is 14.2 Å². The Bertz CT molecular complexity index is 87.2. The Balaban J connectivity index is 2.78. The van der Waals surface area contributed by atoms with Gasteiger partial charge in [0.1, 0.15) is 6.79 Å². The van der Waals surface area contributed by atoms with Crippen molar-refractivity contribution in [2.75, 3.05) is 60.7 Å². The average Bonchev–Trinajstić information content (AvgIpc) is 2.21. The van der Waals surface area contributed by atoms with Crippen LogP contribution in [0.2, 0.25) is 0 Å². The molecule has 0 aliphatic heterocycles. The largest absolute Gasteiger partial charge is 0.382 e. The van der Waals surface area contributed by atoms with E-state index in [1.165, 1.54) is 0 Å². The van der Waals surface area contributed by atoms with Crippen LogP contribution in [0.25, 0.3) is 0 Å². The molecule has 5 nitrogen and oxygen atoms in total. The zero-order chi connectivity index (χ0) is 10.5. The Labute approximate surface area is 85.2 Å². The fourth-order valence-corrected chi connectivity index (χ4v) is 0.681. The Kier molecular flexibility index (Phi) is 12.6. The molecule has 0 aromatic heterocycles. The van der Waals surface area contributed by atoms with Gasteiger partial charge in [0.15, 0.2) is 0 Å². The minimum atomic E-state index is 0.289. The van der Waals surface area contributed by atoms with Crippen molar-refractivity contribution in [3.05, 3.63) is 0 Å². The molecule has 14 heavy (non-hydrogen) atoms. The number of rotatable bonds is 11. The van der Waals surface area contributed by atoms with Crippen molar-refractivity contribution in [2.24, 2.45) is 0 Å². The Hall–Kier alpha value is -0.200. The van der Waals surface area contributed by atoms with Crippen LogP contribution in [0.1, 0.15) is 0 Å². The van der Waals surface area contributed by atoms with E-state index in [1.807, 2.05) is 0 Å². The zero-order valence-corrected chi connectivity index (χ0v) is 8.99. The van der Waals surface area contributed by atoms with E-state index in [0.717, 1.165) is 0 Å². The van der Waals surface area contributed by atoms with E-state index in [9.17, 15) is 0 Å². The summed E-state index contributed by atoms with van der Waals surface area (Å²) >= 11 is 0. The van der Waals surface area contributed by atoms with Crippen LogP contribution in [0.5, 0.6) is 0 Å². The number of hydrogen-bond donors (Lipinski definition) is 0. The molecule has 0 bridgehead atoms. The topological polar surface area (TPSA) is 46.2 Å². The maximum atomic E-state index is 5.17. The van der Waals surface area contributed by atoms with Gasteiger partial charge in [-0.3, -0.25) is 0 Å². The van der Waals surface area contributed by atoms with Gasteiger partial charge in [0.2, 0.25) is 0 Å². The second-order valence-electron chi connectivity index (χ2n) is 2.53. The molecule has 0 saturated heterocycles. The normalized spacial score (nSPS) is 10.7. The molecule has 0 aliphatic carbocycles. The summed E-state index contributed by atoms with van der Waals surface area (Å²) in [5.74, 6) is 0. The first-order valence-electron chi connectivity index (χ1n) is 4.63. The number of methoxy groups -OCH3 is 2. The highest BCUT2D eigenvalue weighted by Crippen LogP contribution is 1.81.